The van der Waals surface area contributed by atoms with Crippen LogP contribution < -0.4 is 0 Å². The quantitative estimate of drug-likeness (QED) is 0.569. The van der Waals surface area contributed by atoms with Gasteiger partial charge in [-0.25, -0.2) is 0 Å². The van der Waals surface area contributed by atoms with Crippen LogP contribution in [-0.2, 0) is 27.4 Å². The van der Waals surface area contributed by atoms with Crippen LogP contribution in [0.3, 0.4) is 0 Å². The van der Waals surface area contributed by atoms with Crippen LogP contribution in [0.15, 0.2) is 73.3 Å². The summed E-state index contributed by atoms with van der Waals surface area (Å²) >= 11 is 0. The van der Waals surface area contributed by atoms with Crippen molar-refractivity contribution in [2.75, 3.05) is 6.61 Å². The number of benzene rings is 2. The summed E-state index contributed by atoms with van der Waals surface area (Å²) in [6.45, 7) is 4.32. The number of aliphatic hydroxyl groups is 2. The number of hydrogen-bond donors (Lipinski definition) is 2. The maximum Gasteiger partial charge on any atom is 0.115 e. The Balaban J connectivity index is 1.71. The highest BCUT2D eigenvalue weighted by atomic mass is 16.6. The lowest BCUT2D eigenvalue weighted by Crippen LogP contribution is -2.39. The molecule has 3 rings (SSSR count). The van der Waals surface area contributed by atoms with E-state index in [0.29, 0.717) is 26.1 Å². The minimum atomic E-state index is -0.576. The van der Waals surface area contributed by atoms with Gasteiger partial charge in [-0.15, -0.1) is 6.58 Å². The molecule has 2 aromatic rings. The number of hydrogen-bond acceptors (Lipinski definition) is 5. The van der Waals surface area contributed by atoms with Crippen LogP contribution in [-0.4, -0.2) is 47.3 Å². The molecule has 0 radical (unpaired) electrons. The topological polar surface area (TPSA) is 68.2 Å². The van der Waals surface area contributed by atoms with Crippen molar-refractivity contribution < 1.29 is 24.4 Å². The van der Waals surface area contributed by atoms with Crippen molar-refractivity contribution in [2.45, 2.75) is 56.6 Å². The molecule has 0 aromatic heterocycles. The predicted octanol–water partition coefficient (Wildman–Crippen LogP) is 3.24. The average molecular weight is 398 g/mol. The maximum absolute atomic E-state index is 10.3. The van der Waals surface area contributed by atoms with Gasteiger partial charge in [0.2, 0.25) is 0 Å². The molecule has 1 fully saturated rings. The second-order valence-electron chi connectivity index (χ2n) is 7.33. The van der Waals surface area contributed by atoms with Gasteiger partial charge in [-0.1, -0.05) is 66.7 Å². The van der Waals surface area contributed by atoms with Crippen LogP contribution in [0.5, 0.6) is 0 Å². The molecule has 0 bridgehead atoms. The Morgan fingerprint density at radius 3 is 1.90 bits per heavy atom. The first-order valence-electron chi connectivity index (χ1n) is 10.1. The fourth-order valence-electron chi connectivity index (χ4n) is 3.63. The van der Waals surface area contributed by atoms with Gasteiger partial charge in [-0.2, -0.15) is 0 Å². The normalized spacial score (nSPS) is 25.0. The molecule has 1 unspecified atom stereocenters. The zero-order valence-electron chi connectivity index (χ0n) is 16.6. The van der Waals surface area contributed by atoms with Gasteiger partial charge in [0, 0.05) is 6.42 Å². The highest BCUT2D eigenvalue weighted by Crippen LogP contribution is 2.31. The van der Waals surface area contributed by atoms with Crippen LogP contribution >= 0.6 is 0 Å². The largest absolute Gasteiger partial charge is 0.394 e. The lowest BCUT2D eigenvalue weighted by atomic mass is 10.0. The van der Waals surface area contributed by atoms with Gasteiger partial charge in [0.1, 0.15) is 18.3 Å². The summed E-state index contributed by atoms with van der Waals surface area (Å²) in [7, 11) is 0. The van der Waals surface area contributed by atoms with Crippen LogP contribution in [0, 0.1) is 0 Å². The molecule has 0 amide bonds. The maximum atomic E-state index is 10.3. The van der Waals surface area contributed by atoms with E-state index in [0.717, 1.165) is 11.1 Å². The number of rotatable bonds is 11. The Kier molecular flexibility index (Phi) is 8.40. The predicted molar refractivity (Wildman–Crippen MR) is 111 cm³/mol. The third kappa shape index (κ3) is 6.23. The molecule has 1 saturated heterocycles. The van der Waals surface area contributed by atoms with E-state index in [1.807, 2.05) is 60.7 Å². The summed E-state index contributed by atoms with van der Waals surface area (Å²) < 4.78 is 18.4. The van der Waals surface area contributed by atoms with Crippen molar-refractivity contribution in [3.05, 3.63) is 84.4 Å². The molecular formula is C24H30O5. The summed E-state index contributed by atoms with van der Waals surface area (Å²) in [5.41, 5.74) is 2.09. The van der Waals surface area contributed by atoms with Gasteiger partial charge in [-0.3, -0.25) is 0 Å². The van der Waals surface area contributed by atoms with Crippen molar-refractivity contribution in [2.24, 2.45) is 0 Å². The number of ether oxygens (including phenoxy) is 3. The Hall–Kier alpha value is -2.02. The van der Waals surface area contributed by atoms with Gasteiger partial charge in [-0.05, 0) is 17.5 Å². The summed E-state index contributed by atoms with van der Waals surface area (Å²) in [4.78, 5) is 0. The monoisotopic (exact) mass is 398 g/mol. The van der Waals surface area contributed by atoms with E-state index in [1.54, 1.807) is 6.08 Å². The van der Waals surface area contributed by atoms with E-state index >= 15 is 0 Å². The summed E-state index contributed by atoms with van der Waals surface area (Å²) in [6.07, 6.45) is 0.296. The van der Waals surface area contributed by atoms with Crippen molar-refractivity contribution in [1.82, 2.24) is 0 Å². The standard InChI is InChI=1S/C24H30O5/c1-2-9-20(26)14-21-23(27-16-18-10-5-3-6-11-18)24(22(15-25)29-21)28-17-19-12-7-4-8-13-19/h2-8,10-13,20-26H,1,9,14-17H2/t20?,21-,22-,23-,24-/m1/s1. The highest BCUT2D eigenvalue weighted by molar-refractivity contribution is 5.14. The molecule has 2 N–H and O–H groups in total. The summed E-state index contributed by atoms with van der Waals surface area (Å²) in [6, 6.07) is 19.8. The number of aliphatic hydroxyl groups excluding tert-OH is 2. The van der Waals surface area contributed by atoms with E-state index in [4.69, 9.17) is 14.2 Å². The fraction of sp³-hybridized carbons (Fsp3) is 0.417. The molecule has 5 nitrogen and oxygen atoms in total. The minimum absolute atomic E-state index is 0.168. The second kappa shape index (κ2) is 11.2. The van der Waals surface area contributed by atoms with Crippen molar-refractivity contribution in [3.63, 3.8) is 0 Å². The molecule has 1 aliphatic rings. The Morgan fingerprint density at radius 1 is 0.897 bits per heavy atom. The Labute approximate surface area is 172 Å². The summed E-state index contributed by atoms with van der Waals surface area (Å²) in [5, 5.41) is 20.1. The molecule has 0 saturated carbocycles. The molecule has 5 atom stereocenters. The first-order valence-corrected chi connectivity index (χ1v) is 10.1. The second-order valence-corrected chi connectivity index (χ2v) is 7.33. The van der Waals surface area contributed by atoms with Gasteiger partial charge >= 0.3 is 0 Å². The van der Waals surface area contributed by atoms with Crippen LogP contribution in [0.1, 0.15) is 24.0 Å². The van der Waals surface area contributed by atoms with Gasteiger partial charge < -0.3 is 24.4 Å². The van der Waals surface area contributed by atoms with E-state index in [-0.39, 0.29) is 12.7 Å². The van der Waals surface area contributed by atoms with Gasteiger partial charge in [0.15, 0.2) is 0 Å². The SMILES string of the molecule is C=CCC(O)C[C@H]1O[C@H](CO)[C@@H](OCc2ccccc2)[C@@H]1OCc1ccccc1. The van der Waals surface area contributed by atoms with Crippen LogP contribution in [0.4, 0.5) is 0 Å². The summed E-state index contributed by atoms with van der Waals surface area (Å²) in [5.74, 6) is 0. The van der Waals surface area contributed by atoms with E-state index in [2.05, 4.69) is 6.58 Å². The van der Waals surface area contributed by atoms with E-state index in [9.17, 15) is 10.2 Å². The third-order valence-electron chi connectivity index (χ3n) is 5.10. The molecule has 156 valence electrons. The van der Waals surface area contributed by atoms with E-state index < -0.39 is 24.4 Å². The molecule has 29 heavy (non-hydrogen) atoms. The average Bonchev–Trinajstić information content (AvgIpc) is 3.08. The van der Waals surface area contributed by atoms with Gasteiger partial charge in [0.25, 0.3) is 0 Å². The molecule has 2 aromatic carbocycles. The van der Waals surface area contributed by atoms with Crippen molar-refractivity contribution in [3.8, 4) is 0 Å². The first kappa shape index (κ1) is 21.7. The first-order chi connectivity index (χ1) is 14.2. The third-order valence-corrected chi connectivity index (χ3v) is 5.10. The zero-order valence-corrected chi connectivity index (χ0v) is 16.6. The lowest BCUT2D eigenvalue weighted by Gasteiger charge is -2.25. The zero-order chi connectivity index (χ0) is 20.5. The molecule has 0 spiro atoms. The molecule has 5 heteroatoms. The fourth-order valence-corrected chi connectivity index (χ4v) is 3.63. The smallest absolute Gasteiger partial charge is 0.115 e. The van der Waals surface area contributed by atoms with Gasteiger partial charge in [0.05, 0.1) is 32.0 Å². The van der Waals surface area contributed by atoms with Crippen molar-refractivity contribution in [1.29, 1.82) is 0 Å². The van der Waals surface area contributed by atoms with Crippen molar-refractivity contribution >= 4 is 0 Å². The Bertz CT molecular complexity index is 721. The molecule has 1 aliphatic heterocycles. The van der Waals surface area contributed by atoms with E-state index in [1.165, 1.54) is 0 Å². The minimum Gasteiger partial charge on any atom is -0.394 e. The molecule has 1 heterocycles. The van der Waals surface area contributed by atoms with Crippen LogP contribution in [0.25, 0.3) is 0 Å². The lowest BCUT2D eigenvalue weighted by molar-refractivity contribution is -0.0850. The molecular weight excluding hydrogens is 368 g/mol. The van der Waals surface area contributed by atoms with Crippen LogP contribution in [0.2, 0.25) is 0 Å². The highest BCUT2D eigenvalue weighted by Gasteiger charge is 2.46. The molecule has 0 aliphatic carbocycles. The Morgan fingerprint density at radius 2 is 1.41 bits per heavy atom.